The molecule has 1 aliphatic carbocycles. The zero-order valence-electron chi connectivity index (χ0n) is 9.61. The predicted octanol–water partition coefficient (Wildman–Crippen LogP) is 2.16. The van der Waals surface area contributed by atoms with Gasteiger partial charge in [0.25, 0.3) is 0 Å². The van der Waals surface area contributed by atoms with Gasteiger partial charge in [0.2, 0.25) is 0 Å². The Hall–Kier alpha value is -1.06. The van der Waals surface area contributed by atoms with Crippen LogP contribution in [0.3, 0.4) is 0 Å². The molecule has 3 atom stereocenters. The highest BCUT2D eigenvalue weighted by Crippen LogP contribution is 2.31. The summed E-state index contributed by atoms with van der Waals surface area (Å²) in [6.07, 6.45) is 3.83. The lowest BCUT2D eigenvalue weighted by Gasteiger charge is -2.37. The van der Waals surface area contributed by atoms with Crippen molar-refractivity contribution < 1.29 is 0 Å². The van der Waals surface area contributed by atoms with Crippen molar-refractivity contribution in [1.82, 2.24) is 4.90 Å². The van der Waals surface area contributed by atoms with Crippen LogP contribution >= 0.6 is 0 Å². The summed E-state index contributed by atoms with van der Waals surface area (Å²) in [6.45, 7) is 3.03. The lowest BCUT2D eigenvalue weighted by atomic mass is 9.79. The molecule has 3 heteroatoms. The van der Waals surface area contributed by atoms with Crippen molar-refractivity contribution in [2.75, 3.05) is 13.6 Å². The Balaban J connectivity index is 2.55. The number of nitriles is 2. The third kappa shape index (κ3) is 3.22. The second-order valence-electron chi connectivity index (χ2n) is 4.61. The third-order valence-electron chi connectivity index (χ3n) is 3.39. The van der Waals surface area contributed by atoms with Gasteiger partial charge in [0.05, 0.1) is 18.1 Å². The average Bonchev–Trinajstić information content (AvgIpc) is 2.25. The molecule has 0 aliphatic heterocycles. The highest BCUT2D eigenvalue weighted by atomic mass is 15.1. The monoisotopic (exact) mass is 205 g/mol. The quantitative estimate of drug-likeness (QED) is 0.709. The number of hydrogen-bond acceptors (Lipinski definition) is 3. The number of rotatable bonds is 3. The first-order valence-corrected chi connectivity index (χ1v) is 5.65. The van der Waals surface area contributed by atoms with E-state index in [9.17, 15) is 0 Å². The molecular formula is C12H19N3. The Bertz CT molecular complexity index is 274. The van der Waals surface area contributed by atoms with Gasteiger partial charge >= 0.3 is 0 Å². The van der Waals surface area contributed by atoms with Crippen molar-refractivity contribution >= 4 is 0 Å². The minimum atomic E-state index is 0.157. The minimum absolute atomic E-state index is 0.157. The van der Waals surface area contributed by atoms with Crippen LogP contribution < -0.4 is 0 Å². The highest BCUT2D eigenvalue weighted by molar-refractivity contribution is 4.96. The van der Waals surface area contributed by atoms with E-state index in [4.69, 9.17) is 10.5 Å². The fraction of sp³-hybridized carbons (Fsp3) is 0.833. The van der Waals surface area contributed by atoms with Crippen LogP contribution in [0.25, 0.3) is 0 Å². The molecule has 1 saturated carbocycles. The van der Waals surface area contributed by atoms with Gasteiger partial charge in [-0.25, -0.2) is 0 Å². The van der Waals surface area contributed by atoms with E-state index < -0.39 is 0 Å². The SMILES string of the molecule is CC1CCC(C#N)C(N(C)CCC#N)C1. The fourth-order valence-electron chi connectivity index (χ4n) is 2.38. The summed E-state index contributed by atoms with van der Waals surface area (Å²) in [6, 6.07) is 4.92. The van der Waals surface area contributed by atoms with Crippen molar-refractivity contribution in [2.45, 2.75) is 38.6 Å². The normalized spacial score (nSPS) is 30.9. The van der Waals surface area contributed by atoms with Crippen LogP contribution in [0.2, 0.25) is 0 Å². The van der Waals surface area contributed by atoms with Gasteiger partial charge < -0.3 is 4.90 Å². The molecule has 0 aromatic heterocycles. The smallest absolute Gasteiger partial charge is 0.0672 e. The molecule has 1 fully saturated rings. The molecular weight excluding hydrogens is 186 g/mol. The highest BCUT2D eigenvalue weighted by Gasteiger charge is 2.30. The summed E-state index contributed by atoms with van der Waals surface area (Å²) in [5.41, 5.74) is 0. The van der Waals surface area contributed by atoms with E-state index in [1.54, 1.807) is 0 Å². The lowest BCUT2D eigenvalue weighted by Crippen LogP contribution is -2.41. The first-order chi connectivity index (χ1) is 7.19. The van der Waals surface area contributed by atoms with E-state index >= 15 is 0 Å². The summed E-state index contributed by atoms with van der Waals surface area (Å²) < 4.78 is 0. The topological polar surface area (TPSA) is 50.8 Å². The van der Waals surface area contributed by atoms with Gasteiger partial charge in [-0.3, -0.25) is 0 Å². The van der Waals surface area contributed by atoms with E-state index in [2.05, 4.69) is 24.0 Å². The first kappa shape index (κ1) is 12.0. The lowest BCUT2D eigenvalue weighted by molar-refractivity contribution is 0.133. The second kappa shape index (κ2) is 5.73. The van der Waals surface area contributed by atoms with Gasteiger partial charge in [0.1, 0.15) is 0 Å². The van der Waals surface area contributed by atoms with E-state index in [0.717, 1.165) is 19.4 Å². The standard InChI is InChI=1S/C12H19N3/c1-10-4-5-11(9-14)12(8-10)15(2)7-3-6-13/h10-12H,3-5,7-8H2,1-2H3. The van der Waals surface area contributed by atoms with E-state index in [-0.39, 0.29) is 5.92 Å². The van der Waals surface area contributed by atoms with Gasteiger partial charge in [-0.15, -0.1) is 0 Å². The molecule has 0 heterocycles. The van der Waals surface area contributed by atoms with Crippen molar-refractivity contribution in [1.29, 1.82) is 10.5 Å². The predicted molar refractivity (Wildman–Crippen MR) is 58.8 cm³/mol. The largest absolute Gasteiger partial charge is 0.301 e. The summed E-state index contributed by atoms with van der Waals surface area (Å²) in [5, 5.41) is 17.6. The van der Waals surface area contributed by atoms with Crippen LogP contribution in [-0.2, 0) is 0 Å². The number of hydrogen-bond donors (Lipinski definition) is 0. The van der Waals surface area contributed by atoms with E-state index in [1.165, 1.54) is 6.42 Å². The molecule has 3 unspecified atom stereocenters. The van der Waals surface area contributed by atoms with Crippen molar-refractivity contribution in [2.24, 2.45) is 11.8 Å². The molecule has 0 saturated heterocycles. The van der Waals surface area contributed by atoms with Gasteiger partial charge in [0.15, 0.2) is 0 Å². The second-order valence-corrected chi connectivity index (χ2v) is 4.61. The van der Waals surface area contributed by atoms with Crippen LogP contribution in [0.1, 0.15) is 32.6 Å². The molecule has 0 amide bonds. The molecule has 0 bridgehead atoms. The molecule has 3 nitrogen and oxygen atoms in total. The average molecular weight is 205 g/mol. The Morgan fingerprint density at radius 2 is 2.07 bits per heavy atom. The summed E-state index contributed by atoms with van der Waals surface area (Å²) in [4.78, 5) is 2.19. The van der Waals surface area contributed by atoms with E-state index in [0.29, 0.717) is 18.4 Å². The van der Waals surface area contributed by atoms with Crippen LogP contribution in [0.4, 0.5) is 0 Å². The first-order valence-electron chi connectivity index (χ1n) is 5.65. The van der Waals surface area contributed by atoms with Gasteiger partial charge in [-0.2, -0.15) is 10.5 Å². The summed E-state index contributed by atoms with van der Waals surface area (Å²) in [7, 11) is 2.03. The maximum atomic E-state index is 9.08. The molecule has 0 spiro atoms. The van der Waals surface area contributed by atoms with Crippen LogP contribution in [0.15, 0.2) is 0 Å². The van der Waals surface area contributed by atoms with Crippen LogP contribution in [0, 0.1) is 34.5 Å². The summed E-state index contributed by atoms with van der Waals surface area (Å²) in [5.74, 6) is 0.869. The Morgan fingerprint density at radius 1 is 1.33 bits per heavy atom. The molecule has 15 heavy (non-hydrogen) atoms. The van der Waals surface area contributed by atoms with Crippen LogP contribution in [-0.4, -0.2) is 24.5 Å². The molecule has 0 radical (unpaired) electrons. The van der Waals surface area contributed by atoms with Crippen LogP contribution in [0.5, 0.6) is 0 Å². The zero-order chi connectivity index (χ0) is 11.3. The molecule has 82 valence electrons. The molecule has 1 aliphatic rings. The van der Waals surface area contributed by atoms with Gasteiger partial charge in [-0.1, -0.05) is 6.92 Å². The van der Waals surface area contributed by atoms with Gasteiger partial charge in [-0.05, 0) is 32.2 Å². The number of nitrogens with zero attached hydrogens (tertiary/aromatic N) is 3. The van der Waals surface area contributed by atoms with E-state index in [1.807, 2.05) is 7.05 Å². The minimum Gasteiger partial charge on any atom is -0.301 e. The maximum Gasteiger partial charge on any atom is 0.0672 e. The molecule has 0 aromatic carbocycles. The third-order valence-corrected chi connectivity index (χ3v) is 3.39. The van der Waals surface area contributed by atoms with Crippen molar-refractivity contribution in [3.05, 3.63) is 0 Å². The fourth-order valence-corrected chi connectivity index (χ4v) is 2.38. The Morgan fingerprint density at radius 3 is 2.67 bits per heavy atom. The van der Waals surface area contributed by atoms with Gasteiger partial charge in [0, 0.05) is 19.0 Å². The molecule has 0 N–H and O–H groups in total. The Labute approximate surface area is 92.3 Å². The maximum absolute atomic E-state index is 9.08. The Kier molecular flexibility index (Phi) is 4.59. The van der Waals surface area contributed by atoms with Crippen molar-refractivity contribution in [3.63, 3.8) is 0 Å². The zero-order valence-corrected chi connectivity index (χ0v) is 9.61. The molecule has 1 rings (SSSR count). The molecule has 0 aromatic rings. The van der Waals surface area contributed by atoms with Crippen molar-refractivity contribution in [3.8, 4) is 12.1 Å². The summed E-state index contributed by atoms with van der Waals surface area (Å²) >= 11 is 0.